The van der Waals surface area contributed by atoms with Crippen LogP contribution in [0.15, 0.2) is 18.2 Å². The number of fused-ring (bicyclic) bond motifs is 2. The maximum atomic E-state index is 6.11. The average molecular weight is 236 g/mol. The third-order valence-electron chi connectivity index (χ3n) is 4.15. The summed E-state index contributed by atoms with van der Waals surface area (Å²) in [6.07, 6.45) is 5.30. The Morgan fingerprint density at radius 1 is 1.19 bits per heavy atom. The molecule has 2 heterocycles. The molecule has 0 radical (unpaired) electrons. The SMILES string of the molecule is Cc1ccc(Cl)cc1C1CC2CCC(C1)N2. The Labute approximate surface area is 102 Å². The second-order valence-corrected chi connectivity index (χ2v) is 5.74. The summed E-state index contributed by atoms with van der Waals surface area (Å²) in [5, 5.41) is 4.57. The molecule has 1 aromatic rings. The summed E-state index contributed by atoms with van der Waals surface area (Å²) >= 11 is 6.11. The number of hydrogen-bond donors (Lipinski definition) is 1. The van der Waals surface area contributed by atoms with Gasteiger partial charge >= 0.3 is 0 Å². The van der Waals surface area contributed by atoms with Crippen LogP contribution in [0.5, 0.6) is 0 Å². The van der Waals surface area contributed by atoms with Crippen molar-refractivity contribution in [1.82, 2.24) is 5.32 Å². The quantitative estimate of drug-likeness (QED) is 0.784. The van der Waals surface area contributed by atoms with E-state index in [1.807, 2.05) is 6.07 Å². The number of rotatable bonds is 1. The maximum absolute atomic E-state index is 6.11. The summed E-state index contributed by atoms with van der Waals surface area (Å²) in [5.41, 5.74) is 2.88. The molecule has 0 spiro atoms. The van der Waals surface area contributed by atoms with Gasteiger partial charge in [0.2, 0.25) is 0 Å². The van der Waals surface area contributed by atoms with Gasteiger partial charge in [-0.3, -0.25) is 0 Å². The second-order valence-electron chi connectivity index (χ2n) is 5.31. The van der Waals surface area contributed by atoms with Crippen LogP contribution in [0.3, 0.4) is 0 Å². The van der Waals surface area contributed by atoms with E-state index < -0.39 is 0 Å². The molecule has 16 heavy (non-hydrogen) atoms. The van der Waals surface area contributed by atoms with E-state index in [-0.39, 0.29) is 0 Å². The second kappa shape index (κ2) is 4.05. The number of halogens is 1. The van der Waals surface area contributed by atoms with Crippen LogP contribution in [0.25, 0.3) is 0 Å². The molecule has 0 saturated carbocycles. The summed E-state index contributed by atoms with van der Waals surface area (Å²) in [6.45, 7) is 2.20. The van der Waals surface area contributed by atoms with Crippen LogP contribution in [0.1, 0.15) is 42.7 Å². The standard InChI is InChI=1S/C14H18ClN/c1-9-2-3-11(15)8-14(9)10-6-12-4-5-13(7-10)16-12/h2-3,8,10,12-13,16H,4-7H2,1H3. The summed E-state index contributed by atoms with van der Waals surface area (Å²) in [5.74, 6) is 0.720. The van der Waals surface area contributed by atoms with E-state index in [0.717, 1.165) is 23.0 Å². The van der Waals surface area contributed by atoms with Crippen LogP contribution >= 0.6 is 11.6 Å². The minimum Gasteiger partial charge on any atom is -0.311 e. The van der Waals surface area contributed by atoms with Crippen molar-refractivity contribution < 1.29 is 0 Å². The third-order valence-corrected chi connectivity index (χ3v) is 4.39. The van der Waals surface area contributed by atoms with Crippen molar-refractivity contribution in [2.45, 2.75) is 50.6 Å². The normalized spacial score (nSPS) is 33.0. The number of hydrogen-bond acceptors (Lipinski definition) is 1. The van der Waals surface area contributed by atoms with Crippen molar-refractivity contribution in [1.29, 1.82) is 0 Å². The molecule has 1 N–H and O–H groups in total. The van der Waals surface area contributed by atoms with Gasteiger partial charge in [0.25, 0.3) is 0 Å². The first-order valence-corrected chi connectivity index (χ1v) is 6.62. The maximum Gasteiger partial charge on any atom is 0.0409 e. The predicted octanol–water partition coefficient (Wildman–Crippen LogP) is 3.65. The lowest BCUT2D eigenvalue weighted by atomic mass is 9.84. The zero-order valence-electron chi connectivity index (χ0n) is 9.67. The van der Waals surface area contributed by atoms with Crippen molar-refractivity contribution in [3.05, 3.63) is 34.3 Å². The van der Waals surface area contributed by atoms with Crippen molar-refractivity contribution >= 4 is 11.6 Å². The van der Waals surface area contributed by atoms with Gasteiger partial charge in [0.15, 0.2) is 0 Å². The molecule has 2 unspecified atom stereocenters. The van der Waals surface area contributed by atoms with Crippen LogP contribution in [0.2, 0.25) is 5.02 Å². The molecule has 2 atom stereocenters. The van der Waals surface area contributed by atoms with Crippen molar-refractivity contribution in [2.75, 3.05) is 0 Å². The van der Waals surface area contributed by atoms with E-state index in [0.29, 0.717) is 0 Å². The van der Waals surface area contributed by atoms with Crippen LogP contribution in [-0.2, 0) is 0 Å². The molecule has 2 heteroatoms. The molecule has 1 aromatic carbocycles. The fraction of sp³-hybridized carbons (Fsp3) is 0.571. The van der Waals surface area contributed by atoms with Gasteiger partial charge in [0.05, 0.1) is 0 Å². The number of nitrogens with one attached hydrogen (secondary N) is 1. The molecule has 1 nitrogen and oxygen atoms in total. The zero-order valence-corrected chi connectivity index (χ0v) is 10.4. The van der Waals surface area contributed by atoms with Gasteiger partial charge in [-0.1, -0.05) is 17.7 Å². The Hall–Kier alpha value is -0.530. The minimum atomic E-state index is 0.720. The van der Waals surface area contributed by atoms with Crippen LogP contribution in [0, 0.1) is 6.92 Å². The molecule has 2 saturated heterocycles. The highest BCUT2D eigenvalue weighted by Crippen LogP contribution is 2.38. The van der Waals surface area contributed by atoms with Gasteiger partial charge in [-0.25, -0.2) is 0 Å². The lowest BCUT2D eigenvalue weighted by Crippen LogP contribution is -2.37. The number of aryl methyl sites for hydroxylation is 1. The first-order chi connectivity index (χ1) is 7.72. The van der Waals surface area contributed by atoms with Gasteiger partial charge in [-0.2, -0.15) is 0 Å². The largest absolute Gasteiger partial charge is 0.311 e. The summed E-state index contributed by atoms with van der Waals surface area (Å²) < 4.78 is 0. The summed E-state index contributed by atoms with van der Waals surface area (Å²) in [4.78, 5) is 0. The molecular formula is C14H18ClN. The fourth-order valence-corrected chi connectivity index (χ4v) is 3.54. The van der Waals surface area contributed by atoms with Crippen molar-refractivity contribution in [3.8, 4) is 0 Å². The topological polar surface area (TPSA) is 12.0 Å². The Bertz CT molecular complexity index is 390. The van der Waals surface area contributed by atoms with Crippen molar-refractivity contribution in [3.63, 3.8) is 0 Å². The van der Waals surface area contributed by atoms with Crippen LogP contribution in [0.4, 0.5) is 0 Å². The van der Waals surface area contributed by atoms with Crippen molar-refractivity contribution in [2.24, 2.45) is 0 Å². The zero-order chi connectivity index (χ0) is 11.1. The molecule has 0 amide bonds. The van der Waals surface area contributed by atoms with E-state index in [2.05, 4.69) is 24.4 Å². The first kappa shape index (κ1) is 10.6. The molecule has 0 aliphatic carbocycles. The van der Waals surface area contributed by atoms with E-state index in [4.69, 9.17) is 11.6 Å². The molecular weight excluding hydrogens is 218 g/mol. The smallest absolute Gasteiger partial charge is 0.0409 e. The molecule has 2 aliphatic heterocycles. The van der Waals surface area contributed by atoms with E-state index in [1.54, 1.807) is 0 Å². The van der Waals surface area contributed by atoms with Gasteiger partial charge < -0.3 is 5.32 Å². The predicted molar refractivity (Wildman–Crippen MR) is 68.1 cm³/mol. The number of benzene rings is 1. The third kappa shape index (κ3) is 1.87. The molecule has 2 aliphatic rings. The number of piperidine rings is 1. The summed E-state index contributed by atoms with van der Waals surface area (Å²) in [6, 6.07) is 7.83. The minimum absolute atomic E-state index is 0.720. The monoisotopic (exact) mass is 235 g/mol. The molecule has 2 fully saturated rings. The Morgan fingerprint density at radius 2 is 1.88 bits per heavy atom. The Balaban J connectivity index is 1.89. The fourth-order valence-electron chi connectivity index (χ4n) is 3.36. The van der Waals surface area contributed by atoms with Gasteiger partial charge in [0.1, 0.15) is 0 Å². The average Bonchev–Trinajstić information content (AvgIpc) is 2.61. The van der Waals surface area contributed by atoms with Gasteiger partial charge in [0, 0.05) is 17.1 Å². The molecule has 0 aromatic heterocycles. The molecule has 2 bridgehead atoms. The lowest BCUT2D eigenvalue weighted by Gasteiger charge is -2.30. The van der Waals surface area contributed by atoms with E-state index in [9.17, 15) is 0 Å². The highest BCUT2D eigenvalue weighted by Gasteiger charge is 2.34. The highest BCUT2D eigenvalue weighted by molar-refractivity contribution is 6.30. The molecule has 86 valence electrons. The summed E-state index contributed by atoms with van der Waals surface area (Å²) in [7, 11) is 0. The van der Waals surface area contributed by atoms with Gasteiger partial charge in [-0.15, -0.1) is 0 Å². The Morgan fingerprint density at radius 3 is 2.56 bits per heavy atom. The first-order valence-electron chi connectivity index (χ1n) is 6.24. The molecule has 3 rings (SSSR count). The van der Waals surface area contributed by atoms with E-state index in [1.165, 1.54) is 36.8 Å². The van der Waals surface area contributed by atoms with Crippen LogP contribution < -0.4 is 5.32 Å². The highest BCUT2D eigenvalue weighted by atomic mass is 35.5. The van der Waals surface area contributed by atoms with E-state index >= 15 is 0 Å². The Kier molecular flexibility index (Phi) is 2.68. The van der Waals surface area contributed by atoms with Gasteiger partial charge in [-0.05, 0) is 61.8 Å². The van der Waals surface area contributed by atoms with Crippen LogP contribution in [-0.4, -0.2) is 12.1 Å². The lowest BCUT2D eigenvalue weighted by molar-refractivity contribution is 0.362.